The summed E-state index contributed by atoms with van der Waals surface area (Å²) in [5, 5.41) is 0.658. The van der Waals surface area contributed by atoms with Crippen LogP contribution in [0.5, 0.6) is 0 Å². The van der Waals surface area contributed by atoms with Crippen LogP contribution in [0.2, 0.25) is 27.5 Å². The van der Waals surface area contributed by atoms with E-state index in [0.717, 1.165) is 9.32 Å². The van der Waals surface area contributed by atoms with Crippen molar-refractivity contribution in [2.45, 2.75) is 112 Å². The zero-order valence-corrected chi connectivity index (χ0v) is 23.7. The normalized spacial score (nSPS) is 61.5. The number of rotatable bonds is 1. The van der Waals surface area contributed by atoms with E-state index in [1.165, 1.54) is 47.3 Å². The first-order valence-corrected chi connectivity index (χ1v) is 22.1. The molecule has 0 aromatic heterocycles. The van der Waals surface area contributed by atoms with Crippen LogP contribution in [0, 0.1) is 47.3 Å². The Morgan fingerprint density at radius 3 is 1.20 bits per heavy atom. The zero-order chi connectivity index (χ0) is 19.8. The van der Waals surface area contributed by atoms with Crippen molar-refractivity contribution in [2.75, 3.05) is 0 Å². The minimum Gasteiger partial charge on any atom is -0.260 e. The molecule has 2 aliphatic heterocycles. The van der Waals surface area contributed by atoms with Crippen LogP contribution in [0.4, 0.5) is 0 Å². The molecule has 4 heteroatoms. The topological polar surface area (TPSA) is 0 Å². The van der Waals surface area contributed by atoms with Crippen LogP contribution in [0.15, 0.2) is 0 Å². The van der Waals surface area contributed by atoms with E-state index in [4.69, 9.17) is 0 Å². The molecule has 2 spiro atoms. The van der Waals surface area contributed by atoms with Crippen LogP contribution >= 0.6 is 0 Å². The second-order valence-electron chi connectivity index (χ2n) is 15.3. The summed E-state index contributed by atoms with van der Waals surface area (Å²) in [5.41, 5.74) is 0. The Bertz CT molecular complexity index is 704. The van der Waals surface area contributed by atoms with Gasteiger partial charge in [-0.1, -0.05) is 109 Å². The fourth-order valence-electron chi connectivity index (χ4n) is 13.3. The third-order valence-electron chi connectivity index (χ3n) is 14.0. The van der Waals surface area contributed by atoms with E-state index in [0.29, 0.717) is 5.04 Å². The summed E-state index contributed by atoms with van der Waals surface area (Å²) in [5.74, 6) is 9.84. The molecule has 10 rings (SSSR count). The van der Waals surface area contributed by atoms with Gasteiger partial charge in [0.05, 0.1) is 0 Å². The maximum absolute atomic E-state index is 3.00. The molecule has 0 aromatic carbocycles. The van der Waals surface area contributed by atoms with Crippen molar-refractivity contribution in [3.05, 3.63) is 0 Å². The Kier molecular flexibility index (Phi) is 3.82. The summed E-state index contributed by atoms with van der Waals surface area (Å²) in [6.07, 6.45) is 17.1. The molecule has 0 unspecified atom stereocenters. The minimum absolute atomic E-state index is 0. The van der Waals surface area contributed by atoms with E-state index in [9.17, 15) is 0 Å². The van der Waals surface area contributed by atoms with Crippen LogP contribution in [0.1, 0.15) is 85.0 Å². The first-order valence-electron chi connectivity index (χ1n) is 13.6. The van der Waals surface area contributed by atoms with Crippen LogP contribution in [-0.2, 0) is 0 Å². The van der Waals surface area contributed by atoms with Crippen molar-refractivity contribution in [3.8, 4) is 0 Å². The quantitative estimate of drug-likeness (QED) is 0.532. The Labute approximate surface area is 200 Å². The van der Waals surface area contributed by atoms with E-state index in [1.54, 1.807) is 64.2 Å². The van der Waals surface area contributed by atoms with E-state index >= 15 is 0 Å². The van der Waals surface area contributed by atoms with Gasteiger partial charge in [0.1, 0.15) is 0 Å². The van der Waals surface area contributed by atoms with Gasteiger partial charge in [-0.15, -0.1) is 0 Å². The molecule has 0 atom stereocenters. The van der Waals surface area contributed by atoms with Gasteiger partial charge in [-0.3, -0.25) is 8.31 Å². The van der Waals surface area contributed by atoms with Crippen molar-refractivity contribution in [1.82, 2.24) is 0 Å². The largest absolute Gasteiger partial charge is 1.00 e. The summed E-state index contributed by atoms with van der Waals surface area (Å²) in [6.45, 7) is 14.2. The van der Waals surface area contributed by atoms with Gasteiger partial charge in [0.15, 0.2) is 0 Å². The summed E-state index contributed by atoms with van der Waals surface area (Å²) >= 11 is 0. The zero-order valence-electron chi connectivity index (χ0n) is 20.7. The molecule has 160 valence electrons. The third-order valence-corrected chi connectivity index (χ3v) is 56.0. The van der Waals surface area contributed by atoms with Crippen LogP contribution < -0.4 is 18.9 Å². The summed E-state index contributed by atoms with van der Waals surface area (Å²) < 4.78 is 2.23. The van der Waals surface area contributed by atoms with Gasteiger partial charge in [-0.25, -0.2) is 0 Å². The number of hydrogen-bond donors (Lipinski definition) is 0. The van der Waals surface area contributed by atoms with Crippen LogP contribution in [0.25, 0.3) is 0 Å². The van der Waals surface area contributed by atoms with Crippen molar-refractivity contribution >= 4 is 23.0 Å². The molecule has 10 fully saturated rings. The van der Waals surface area contributed by atoms with Crippen molar-refractivity contribution < 1.29 is 18.9 Å². The average molecular weight is 447 g/mol. The SMILES string of the molecule is CC(C)(C)[Si](C)(C)[Si]12[Si-](C13C1CC4CC(C1)CC3C4)C21C2CC3CC(C2)CC1C3.[Li+]. The third kappa shape index (κ3) is 1.76. The molecule has 0 amide bonds. The first kappa shape index (κ1) is 20.6. The Morgan fingerprint density at radius 1 is 0.633 bits per heavy atom. The van der Waals surface area contributed by atoms with Crippen molar-refractivity contribution in [3.63, 3.8) is 0 Å². The summed E-state index contributed by atoms with van der Waals surface area (Å²) in [7, 11) is -2.28. The Morgan fingerprint density at radius 2 is 0.933 bits per heavy atom. The maximum atomic E-state index is 3.00. The van der Waals surface area contributed by atoms with E-state index in [1.807, 2.05) is 0 Å². The monoisotopic (exact) mass is 446 g/mol. The van der Waals surface area contributed by atoms with E-state index < -0.39 is 14.7 Å². The molecule has 8 saturated carbocycles. The van der Waals surface area contributed by atoms with Crippen LogP contribution in [0.3, 0.4) is 0 Å². The molecule has 0 aromatic rings. The molecule has 30 heavy (non-hydrogen) atoms. The summed E-state index contributed by atoms with van der Waals surface area (Å²) in [6, 6.07) is 0. The molecule has 2 heterocycles. The average Bonchev–Trinajstić information content (AvgIpc) is 3.45. The molecule has 0 nitrogen and oxygen atoms in total. The predicted octanol–water partition coefficient (Wildman–Crippen LogP) is 4.10. The van der Waals surface area contributed by atoms with Gasteiger partial charge in [0.2, 0.25) is 0 Å². The maximum Gasteiger partial charge on any atom is 1.00 e. The fourth-order valence-corrected chi connectivity index (χ4v) is 77.1. The van der Waals surface area contributed by atoms with Gasteiger partial charge in [0, 0.05) is 7.59 Å². The molecule has 0 N–H and O–H groups in total. The molecule has 10 aliphatic rings. The Hall–Kier alpha value is 1.25. The number of hydrogen-bond acceptors (Lipinski definition) is 0. The van der Waals surface area contributed by atoms with Gasteiger partial charge in [0.25, 0.3) is 0 Å². The van der Waals surface area contributed by atoms with E-state index in [-0.39, 0.29) is 27.2 Å². The van der Waals surface area contributed by atoms with Crippen LogP contribution in [-0.4, -0.2) is 23.0 Å². The van der Waals surface area contributed by atoms with Crippen molar-refractivity contribution in [1.29, 1.82) is 0 Å². The molecule has 8 aliphatic carbocycles. The molecule has 0 radical (unpaired) electrons. The van der Waals surface area contributed by atoms with Gasteiger partial charge < -0.3 is 0 Å². The van der Waals surface area contributed by atoms with Gasteiger partial charge >= 0.3 is 18.9 Å². The Balaban J connectivity index is 0.00000162. The van der Waals surface area contributed by atoms with Gasteiger partial charge in [-0.05, 0) is 41.6 Å². The standard InChI is InChI=1S/C26H43Si3.Li/c1-24(2,3)28(4,5)29-25(20-8-16-6-17(10-20)11-21(25)9-16)27(29)26(29)22-12-18-7-19(14-22)15-23(26)13-18;/h16-23H,6-15H2,1-5H3;/q-1;+1. The van der Waals surface area contributed by atoms with Gasteiger partial charge in [-0.2, -0.15) is 16.4 Å². The van der Waals surface area contributed by atoms with Crippen molar-refractivity contribution in [2.24, 2.45) is 47.3 Å². The first-order chi connectivity index (χ1) is 13.7. The minimum atomic E-state index is -1.20. The second kappa shape index (κ2) is 5.56. The fraction of sp³-hybridized carbons (Fsp3) is 1.00. The second-order valence-corrected chi connectivity index (χ2v) is 37.9. The summed E-state index contributed by atoms with van der Waals surface area (Å²) in [4.78, 5) is 0. The molecular formula is C26H43LiSi3. The van der Waals surface area contributed by atoms with E-state index in [2.05, 4.69) is 33.9 Å². The molecule has 8 bridgehead atoms. The predicted molar refractivity (Wildman–Crippen MR) is 128 cm³/mol. The smallest absolute Gasteiger partial charge is 0.260 e. The molecule has 2 saturated heterocycles. The molecular weight excluding hydrogens is 403 g/mol. The number of fused-ring (bicyclic) bond motifs is 1.